The molecule has 2 aromatic carbocycles. The van der Waals surface area contributed by atoms with Gasteiger partial charge in [0.25, 0.3) is 5.91 Å². The number of nitrogens with zero attached hydrogens (tertiary/aromatic N) is 1. The van der Waals surface area contributed by atoms with Crippen LogP contribution in [0.3, 0.4) is 0 Å². The number of ether oxygens (including phenoxy) is 2. The van der Waals surface area contributed by atoms with Gasteiger partial charge in [0, 0.05) is 10.7 Å². The van der Waals surface area contributed by atoms with E-state index in [0.29, 0.717) is 32.8 Å². The number of carbonyl (C=O) groups excluding carboxylic acids is 3. The first-order valence-electron chi connectivity index (χ1n) is 10.2. The number of rotatable bonds is 8. The summed E-state index contributed by atoms with van der Waals surface area (Å²) >= 11 is 12.2. The first-order valence-corrected chi connectivity index (χ1v) is 10.9. The molecule has 1 heterocycles. The maximum Gasteiger partial charge on any atom is 0.329 e. The molecule has 1 fully saturated rings. The number of hydrogen-bond donors (Lipinski definition) is 2. The van der Waals surface area contributed by atoms with Gasteiger partial charge in [-0.25, -0.2) is 9.69 Å². The fourth-order valence-electron chi connectivity index (χ4n) is 2.98. The van der Waals surface area contributed by atoms with Crippen molar-refractivity contribution in [2.45, 2.75) is 26.4 Å². The Labute approximate surface area is 201 Å². The summed E-state index contributed by atoms with van der Waals surface area (Å²) in [5.74, 6) is -0.372. The van der Waals surface area contributed by atoms with Gasteiger partial charge in [-0.1, -0.05) is 30.1 Å². The molecule has 0 radical (unpaired) electrons. The summed E-state index contributed by atoms with van der Waals surface area (Å²) in [7, 11) is 1.48. The predicted molar refractivity (Wildman–Crippen MR) is 127 cm³/mol. The molecule has 10 heteroatoms. The Morgan fingerprint density at radius 1 is 1.21 bits per heavy atom. The SMILES string of the molecule is CCC(C)Oc1c(Cl)cc(C=C2NC(=O)N(CC(=O)Nc3ccc(Cl)cc3)C2=O)cc1OC. The van der Waals surface area contributed by atoms with E-state index in [1.54, 1.807) is 36.4 Å². The molecule has 8 nitrogen and oxygen atoms in total. The molecular weight excluding hydrogens is 469 g/mol. The van der Waals surface area contributed by atoms with E-state index in [2.05, 4.69) is 10.6 Å². The molecule has 174 valence electrons. The largest absolute Gasteiger partial charge is 0.493 e. The molecule has 2 aromatic rings. The minimum atomic E-state index is -0.702. The maximum atomic E-state index is 12.7. The molecule has 4 amide bonds. The summed E-state index contributed by atoms with van der Waals surface area (Å²) in [6.45, 7) is 3.45. The summed E-state index contributed by atoms with van der Waals surface area (Å²) in [5, 5.41) is 5.91. The van der Waals surface area contributed by atoms with E-state index < -0.39 is 24.4 Å². The lowest BCUT2D eigenvalue weighted by Gasteiger charge is -2.17. The van der Waals surface area contributed by atoms with Crippen LogP contribution < -0.4 is 20.1 Å². The zero-order valence-corrected chi connectivity index (χ0v) is 19.8. The highest BCUT2D eigenvalue weighted by molar-refractivity contribution is 6.32. The predicted octanol–water partition coefficient (Wildman–Crippen LogP) is 4.71. The van der Waals surface area contributed by atoms with E-state index in [1.165, 1.54) is 13.2 Å². The number of carbonyl (C=O) groups is 3. The van der Waals surface area contributed by atoms with Crippen LogP contribution in [0.2, 0.25) is 10.0 Å². The van der Waals surface area contributed by atoms with Crippen molar-refractivity contribution >= 4 is 52.8 Å². The molecule has 3 rings (SSSR count). The van der Waals surface area contributed by atoms with Crippen LogP contribution in [-0.4, -0.2) is 42.5 Å². The Bertz CT molecular complexity index is 1100. The lowest BCUT2D eigenvalue weighted by Crippen LogP contribution is -2.38. The van der Waals surface area contributed by atoms with Gasteiger partial charge in [0.05, 0.1) is 18.2 Å². The van der Waals surface area contributed by atoms with Gasteiger partial charge in [-0.2, -0.15) is 0 Å². The summed E-state index contributed by atoms with van der Waals surface area (Å²) in [5.41, 5.74) is 1.02. The number of halogens is 2. The van der Waals surface area contributed by atoms with Gasteiger partial charge in [-0.05, 0) is 61.4 Å². The lowest BCUT2D eigenvalue weighted by atomic mass is 10.1. The molecule has 33 heavy (non-hydrogen) atoms. The standard InChI is InChI=1S/C23H23Cl2N3O5/c1-4-13(2)33-21-17(25)9-14(11-19(21)32-3)10-18-22(30)28(23(31)27-18)12-20(29)26-16-7-5-15(24)6-8-16/h5-11,13H,4,12H2,1-3H3,(H,26,29)(H,27,31). The lowest BCUT2D eigenvalue weighted by molar-refractivity contribution is -0.127. The number of benzene rings is 2. The van der Waals surface area contributed by atoms with Crippen molar-refractivity contribution in [1.29, 1.82) is 0 Å². The fourth-order valence-corrected chi connectivity index (χ4v) is 3.37. The zero-order valence-electron chi connectivity index (χ0n) is 18.3. The second kappa shape index (κ2) is 10.6. The molecule has 1 saturated heterocycles. The maximum absolute atomic E-state index is 12.7. The second-order valence-corrected chi connectivity index (χ2v) is 8.15. The molecular formula is C23H23Cl2N3O5. The van der Waals surface area contributed by atoms with Gasteiger partial charge in [-0.3, -0.25) is 9.59 Å². The minimum Gasteiger partial charge on any atom is -0.493 e. The Kier molecular flexibility index (Phi) is 7.84. The zero-order chi connectivity index (χ0) is 24.1. The van der Waals surface area contributed by atoms with Crippen molar-refractivity contribution in [2.24, 2.45) is 0 Å². The van der Waals surface area contributed by atoms with E-state index in [-0.39, 0.29) is 11.8 Å². The highest BCUT2D eigenvalue weighted by Gasteiger charge is 2.35. The van der Waals surface area contributed by atoms with Gasteiger partial charge in [0.15, 0.2) is 11.5 Å². The summed E-state index contributed by atoms with van der Waals surface area (Å²) in [6.07, 6.45) is 2.18. The Morgan fingerprint density at radius 3 is 2.55 bits per heavy atom. The third-order valence-corrected chi connectivity index (χ3v) is 5.38. The van der Waals surface area contributed by atoms with E-state index in [0.717, 1.165) is 11.3 Å². The first kappa shape index (κ1) is 24.4. The molecule has 1 aliphatic heterocycles. The summed E-state index contributed by atoms with van der Waals surface area (Å²) < 4.78 is 11.2. The van der Waals surface area contributed by atoms with Gasteiger partial charge in [-0.15, -0.1) is 0 Å². The Hall–Kier alpha value is -3.23. The monoisotopic (exact) mass is 491 g/mol. The highest BCUT2D eigenvalue weighted by atomic mass is 35.5. The number of imide groups is 1. The van der Waals surface area contributed by atoms with Crippen LogP contribution in [0.25, 0.3) is 6.08 Å². The Balaban J connectivity index is 1.75. The van der Waals surface area contributed by atoms with Gasteiger partial charge in [0.2, 0.25) is 5.91 Å². The van der Waals surface area contributed by atoms with E-state index in [1.807, 2.05) is 13.8 Å². The van der Waals surface area contributed by atoms with Crippen molar-refractivity contribution in [3.05, 3.63) is 57.7 Å². The number of methoxy groups -OCH3 is 1. The third-order valence-electron chi connectivity index (χ3n) is 4.85. The van der Waals surface area contributed by atoms with E-state index >= 15 is 0 Å². The average molecular weight is 492 g/mol. The number of nitrogens with one attached hydrogen (secondary N) is 2. The average Bonchev–Trinajstić information content (AvgIpc) is 3.04. The van der Waals surface area contributed by atoms with E-state index in [4.69, 9.17) is 32.7 Å². The van der Waals surface area contributed by atoms with Crippen LogP contribution in [0.15, 0.2) is 42.1 Å². The molecule has 0 bridgehead atoms. The molecule has 0 aromatic heterocycles. The van der Waals surface area contributed by atoms with Crippen molar-refractivity contribution < 1.29 is 23.9 Å². The highest BCUT2D eigenvalue weighted by Crippen LogP contribution is 2.38. The smallest absolute Gasteiger partial charge is 0.329 e. The number of amides is 4. The first-order chi connectivity index (χ1) is 15.7. The van der Waals surface area contributed by atoms with Gasteiger partial charge >= 0.3 is 6.03 Å². The van der Waals surface area contributed by atoms with Gasteiger partial charge in [0.1, 0.15) is 12.2 Å². The van der Waals surface area contributed by atoms with Crippen LogP contribution >= 0.6 is 23.2 Å². The molecule has 0 aliphatic carbocycles. The molecule has 1 aliphatic rings. The van der Waals surface area contributed by atoms with Crippen LogP contribution in [-0.2, 0) is 9.59 Å². The molecule has 2 N–H and O–H groups in total. The van der Waals surface area contributed by atoms with Crippen LogP contribution in [0, 0.1) is 0 Å². The van der Waals surface area contributed by atoms with Crippen LogP contribution in [0.4, 0.5) is 10.5 Å². The third kappa shape index (κ3) is 5.97. The van der Waals surface area contributed by atoms with E-state index in [9.17, 15) is 14.4 Å². The van der Waals surface area contributed by atoms with Crippen molar-refractivity contribution in [1.82, 2.24) is 10.2 Å². The number of urea groups is 1. The molecule has 1 unspecified atom stereocenters. The van der Waals surface area contributed by atoms with Crippen LogP contribution in [0.5, 0.6) is 11.5 Å². The summed E-state index contributed by atoms with van der Waals surface area (Å²) in [4.78, 5) is 38.2. The molecule has 1 atom stereocenters. The van der Waals surface area contributed by atoms with Crippen molar-refractivity contribution in [3.63, 3.8) is 0 Å². The quantitative estimate of drug-likeness (QED) is 0.411. The minimum absolute atomic E-state index is 0.00741. The topological polar surface area (TPSA) is 97.0 Å². The molecule has 0 saturated carbocycles. The number of anilines is 1. The van der Waals surface area contributed by atoms with Crippen LogP contribution in [0.1, 0.15) is 25.8 Å². The Morgan fingerprint density at radius 2 is 1.91 bits per heavy atom. The molecule has 0 spiro atoms. The number of hydrogen-bond acceptors (Lipinski definition) is 5. The van der Waals surface area contributed by atoms with Crippen molar-refractivity contribution in [2.75, 3.05) is 19.0 Å². The van der Waals surface area contributed by atoms with Crippen molar-refractivity contribution in [3.8, 4) is 11.5 Å². The van der Waals surface area contributed by atoms with Gasteiger partial charge < -0.3 is 20.1 Å². The second-order valence-electron chi connectivity index (χ2n) is 7.31. The normalized spacial score (nSPS) is 15.4. The summed E-state index contributed by atoms with van der Waals surface area (Å²) in [6, 6.07) is 9.00. The fraction of sp³-hybridized carbons (Fsp3) is 0.261.